The van der Waals surface area contributed by atoms with E-state index in [4.69, 9.17) is 0 Å². The third-order valence-electron chi connectivity index (χ3n) is 2.51. The molecular weight excluding hydrogens is 168 g/mol. The SMILES string of the molecule is C=C1C=CC=C(C2=CC=CC(=C)C2)C1. The van der Waals surface area contributed by atoms with Crippen LogP contribution in [0.2, 0.25) is 0 Å². The second kappa shape index (κ2) is 3.67. The highest BCUT2D eigenvalue weighted by Gasteiger charge is 2.10. The molecule has 14 heavy (non-hydrogen) atoms. The summed E-state index contributed by atoms with van der Waals surface area (Å²) < 4.78 is 0. The molecule has 0 aromatic carbocycles. The first kappa shape index (κ1) is 9.01. The smallest absolute Gasteiger partial charge is 0.00288 e. The van der Waals surface area contributed by atoms with Crippen LogP contribution in [0.4, 0.5) is 0 Å². The van der Waals surface area contributed by atoms with Crippen molar-refractivity contribution in [3.63, 3.8) is 0 Å². The van der Waals surface area contributed by atoms with Gasteiger partial charge in [-0.25, -0.2) is 0 Å². The topological polar surface area (TPSA) is 0 Å². The van der Waals surface area contributed by atoms with Gasteiger partial charge < -0.3 is 0 Å². The van der Waals surface area contributed by atoms with E-state index in [1.54, 1.807) is 0 Å². The van der Waals surface area contributed by atoms with Crippen LogP contribution < -0.4 is 0 Å². The molecule has 0 saturated heterocycles. The zero-order valence-electron chi connectivity index (χ0n) is 8.29. The van der Waals surface area contributed by atoms with E-state index in [2.05, 4.69) is 49.6 Å². The minimum Gasteiger partial charge on any atom is -0.0955 e. The summed E-state index contributed by atoms with van der Waals surface area (Å²) >= 11 is 0. The molecule has 0 heteroatoms. The zero-order valence-corrected chi connectivity index (χ0v) is 8.29. The summed E-state index contributed by atoms with van der Waals surface area (Å²) in [7, 11) is 0. The molecule has 0 unspecified atom stereocenters. The Hall–Kier alpha value is -1.56. The van der Waals surface area contributed by atoms with Crippen LogP contribution in [-0.2, 0) is 0 Å². The first-order valence-electron chi connectivity index (χ1n) is 4.86. The van der Waals surface area contributed by atoms with E-state index < -0.39 is 0 Å². The van der Waals surface area contributed by atoms with Crippen LogP contribution in [-0.4, -0.2) is 0 Å². The number of hydrogen-bond acceptors (Lipinski definition) is 0. The highest BCUT2D eigenvalue weighted by atomic mass is 14.1. The van der Waals surface area contributed by atoms with Crippen molar-refractivity contribution in [1.82, 2.24) is 0 Å². The molecule has 0 saturated carbocycles. The average molecular weight is 182 g/mol. The Kier molecular flexibility index (Phi) is 2.36. The molecule has 0 heterocycles. The van der Waals surface area contributed by atoms with E-state index in [9.17, 15) is 0 Å². The third-order valence-corrected chi connectivity index (χ3v) is 2.51. The van der Waals surface area contributed by atoms with Crippen molar-refractivity contribution in [3.05, 3.63) is 71.9 Å². The standard InChI is InChI=1S/C14H14/c1-11-5-3-7-13(9-11)14-8-4-6-12(2)10-14/h3-8H,1-2,9-10H2. The van der Waals surface area contributed by atoms with E-state index in [-0.39, 0.29) is 0 Å². The summed E-state index contributed by atoms with van der Waals surface area (Å²) in [5.41, 5.74) is 5.12. The Bertz CT molecular complexity index is 358. The molecule has 0 nitrogen and oxygen atoms in total. The minimum absolute atomic E-state index is 0.976. The van der Waals surface area contributed by atoms with Crippen LogP contribution in [0.5, 0.6) is 0 Å². The molecule has 0 radical (unpaired) electrons. The Morgan fingerprint density at radius 3 is 1.57 bits per heavy atom. The fraction of sp³-hybridized carbons (Fsp3) is 0.143. The van der Waals surface area contributed by atoms with Crippen molar-refractivity contribution < 1.29 is 0 Å². The van der Waals surface area contributed by atoms with E-state index >= 15 is 0 Å². The second-order valence-electron chi connectivity index (χ2n) is 3.77. The van der Waals surface area contributed by atoms with E-state index in [0.29, 0.717) is 0 Å². The molecule has 2 aliphatic rings. The first-order valence-corrected chi connectivity index (χ1v) is 4.86. The summed E-state index contributed by atoms with van der Waals surface area (Å²) in [6.45, 7) is 7.97. The lowest BCUT2D eigenvalue weighted by Gasteiger charge is -2.16. The van der Waals surface area contributed by atoms with Gasteiger partial charge in [0, 0.05) is 0 Å². The van der Waals surface area contributed by atoms with Gasteiger partial charge in [0.2, 0.25) is 0 Å². The summed E-state index contributed by atoms with van der Waals surface area (Å²) in [4.78, 5) is 0. The first-order chi connectivity index (χ1) is 6.75. The molecule has 0 amide bonds. The van der Waals surface area contributed by atoms with E-state index in [1.165, 1.54) is 22.3 Å². The molecule has 2 rings (SSSR count). The quantitative estimate of drug-likeness (QED) is 0.577. The van der Waals surface area contributed by atoms with Crippen molar-refractivity contribution >= 4 is 0 Å². The van der Waals surface area contributed by atoms with Gasteiger partial charge >= 0.3 is 0 Å². The van der Waals surface area contributed by atoms with Gasteiger partial charge in [0.15, 0.2) is 0 Å². The van der Waals surface area contributed by atoms with E-state index in [1.807, 2.05) is 0 Å². The van der Waals surface area contributed by atoms with Gasteiger partial charge in [-0.05, 0) is 24.0 Å². The fourth-order valence-corrected chi connectivity index (χ4v) is 1.77. The predicted octanol–water partition coefficient (Wildman–Crippen LogP) is 3.87. The minimum atomic E-state index is 0.976. The molecule has 0 N–H and O–H groups in total. The molecule has 0 fully saturated rings. The van der Waals surface area contributed by atoms with Crippen LogP contribution in [0.1, 0.15) is 12.8 Å². The van der Waals surface area contributed by atoms with Gasteiger partial charge in [-0.2, -0.15) is 0 Å². The molecule has 70 valence electrons. The number of hydrogen-bond donors (Lipinski definition) is 0. The molecule has 0 atom stereocenters. The molecule has 0 aromatic heterocycles. The molecule has 0 bridgehead atoms. The Morgan fingerprint density at radius 2 is 1.21 bits per heavy atom. The van der Waals surface area contributed by atoms with Crippen molar-refractivity contribution in [1.29, 1.82) is 0 Å². The molecule has 2 aliphatic carbocycles. The summed E-state index contributed by atoms with van der Waals surface area (Å²) in [5, 5.41) is 0. The van der Waals surface area contributed by atoms with Crippen LogP contribution in [0, 0.1) is 0 Å². The van der Waals surface area contributed by atoms with Crippen LogP contribution in [0.15, 0.2) is 71.9 Å². The van der Waals surface area contributed by atoms with Crippen molar-refractivity contribution in [2.75, 3.05) is 0 Å². The maximum Gasteiger partial charge on any atom is -0.00288 e. The number of rotatable bonds is 1. The monoisotopic (exact) mass is 182 g/mol. The molecule has 0 aliphatic heterocycles. The maximum atomic E-state index is 3.98. The van der Waals surface area contributed by atoms with Gasteiger partial charge in [-0.15, -0.1) is 0 Å². The van der Waals surface area contributed by atoms with Crippen LogP contribution in [0.25, 0.3) is 0 Å². The average Bonchev–Trinajstić information content (AvgIpc) is 2.18. The third kappa shape index (κ3) is 1.85. The molecular formula is C14H14. The van der Waals surface area contributed by atoms with Gasteiger partial charge in [-0.1, -0.05) is 60.8 Å². The summed E-state index contributed by atoms with van der Waals surface area (Å²) in [6, 6.07) is 0. The normalized spacial score (nSPS) is 20.9. The lowest BCUT2D eigenvalue weighted by atomic mass is 9.89. The van der Waals surface area contributed by atoms with Crippen molar-refractivity contribution in [2.24, 2.45) is 0 Å². The highest BCUT2D eigenvalue weighted by Crippen LogP contribution is 2.29. The highest BCUT2D eigenvalue weighted by molar-refractivity contribution is 5.48. The Labute approximate surface area is 85.3 Å². The van der Waals surface area contributed by atoms with Crippen molar-refractivity contribution in [2.45, 2.75) is 12.8 Å². The number of allylic oxidation sites excluding steroid dienone is 10. The predicted molar refractivity (Wildman–Crippen MR) is 62.0 cm³/mol. The molecule has 0 aromatic rings. The summed E-state index contributed by atoms with van der Waals surface area (Å²) in [6.07, 6.45) is 14.6. The molecule has 0 spiro atoms. The fourth-order valence-electron chi connectivity index (χ4n) is 1.77. The van der Waals surface area contributed by atoms with E-state index in [0.717, 1.165) is 12.8 Å². The van der Waals surface area contributed by atoms with Gasteiger partial charge in [-0.3, -0.25) is 0 Å². The second-order valence-corrected chi connectivity index (χ2v) is 3.77. The largest absolute Gasteiger partial charge is 0.0955 e. The van der Waals surface area contributed by atoms with Gasteiger partial charge in [0.1, 0.15) is 0 Å². The van der Waals surface area contributed by atoms with Crippen LogP contribution in [0.3, 0.4) is 0 Å². The maximum absolute atomic E-state index is 3.98. The van der Waals surface area contributed by atoms with Gasteiger partial charge in [0.05, 0.1) is 0 Å². The lowest BCUT2D eigenvalue weighted by molar-refractivity contribution is 1.07. The Morgan fingerprint density at radius 1 is 0.786 bits per heavy atom. The van der Waals surface area contributed by atoms with Crippen molar-refractivity contribution in [3.8, 4) is 0 Å². The Balaban J connectivity index is 2.24. The van der Waals surface area contributed by atoms with Crippen LogP contribution >= 0.6 is 0 Å². The zero-order chi connectivity index (χ0) is 9.97. The summed E-state index contributed by atoms with van der Waals surface area (Å²) in [5.74, 6) is 0. The lowest BCUT2D eigenvalue weighted by Crippen LogP contribution is -1.97. The van der Waals surface area contributed by atoms with Gasteiger partial charge in [0.25, 0.3) is 0 Å².